The van der Waals surface area contributed by atoms with E-state index < -0.39 is 0 Å². The number of hydrogen-bond acceptors (Lipinski definition) is 3. The van der Waals surface area contributed by atoms with Gasteiger partial charge >= 0.3 is 0 Å². The van der Waals surface area contributed by atoms with Crippen LogP contribution in [0.15, 0.2) is 48.5 Å². The Morgan fingerprint density at radius 2 is 1.95 bits per heavy atom. The van der Waals surface area contributed by atoms with E-state index in [4.69, 9.17) is 4.74 Å². The lowest BCUT2D eigenvalue weighted by Gasteiger charge is -2.16. The molecular weight excluding hydrogens is 269 g/mol. The standard InChI is InChI=1S/C16H16FN3O/c1-21-15(11-6-8-12(17)9-7-11)10-18-16-19-13-4-2-3-5-14(13)20-16/h2-9,15H,10H2,1H3,(H2,18,19,20). The third kappa shape index (κ3) is 3.03. The van der Waals surface area contributed by atoms with Crippen LogP contribution in [0.4, 0.5) is 10.3 Å². The van der Waals surface area contributed by atoms with E-state index in [0.29, 0.717) is 12.5 Å². The van der Waals surface area contributed by atoms with E-state index in [1.54, 1.807) is 19.2 Å². The molecule has 0 saturated carbocycles. The van der Waals surface area contributed by atoms with Crippen molar-refractivity contribution in [1.82, 2.24) is 9.97 Å². The zero-order chi connectivity index (χ0) is 14.7. The maximum atomic E-state index is 13.0. The average Bonchev–Trinajstić information content (AvgIpc) is 2.92. The lowest BCUT2D eigenvalue weighted by molar-refractivity contribution is 0.114. The van der Waals surface area contributed by atoms with Gasteiger partial charge in [-0.25, -0.2) is 9.37 Å². The van der Waals surface area contributed by atoms with Crippen molar-refractivity contribution in [2.45, 2.75) is 6.10 Å². The molecule has 0 aliphatic carbocycles. The Morgan fingerprint density at radius 3 is 2.67 bits per heavy atom. The molecule has 2 aromatic carbocycles. The number of fused-ring (bicyclic) bond motifs is 1. The number of rotatable bonds is 5. The van der Waals surface area contributed by atoms with Gasteiger partial charge in [0.1, 0.15) is 5.82 Å². The Labute approximate surface area is 122 Å². The number of para-hydroxylation sites is 2. The van der Waals surface area contributed by atoms with Crippen LogP contribution >= 0.6 is 0 Å². The van der Waals surface area contributed by atoms with Crippen LogP contribution in [0.5, 0.6) is 0 Å². The van der Waals surface area contributed by atoms with Crippen molar-refractivity contribution in [2.75, 3.05) is 19.0 Å². The number of nitrogens with zero attached hydrogens (tertiary/aromatic N) is 1. The van der Waals surface area contributed by atoms with Gasteiger partial charge in [0.2, 0.25) is 5.95 Å². The Morgan fingerprint density at radius 1 is 1.19 bits per heavy atom. The van der Waals surface area contributed by atoms with Gasteiger partial charge in [-0.2, -0.15) is 0 Å². The van der Waals surface area contributed by atoms with Crippen LogP contribution in [0.2, 0.25) is 0 Å². The van der Waals surface area contributed by atoms with Crippen molar-refractivity contribution in [3.8, 4) is 0 Å². The summed E-state index contributed by atoms with van der Waals surface area (Å²) in [5.41, 5.74) is 2.81. The van der Waals surface area contributed by atoms with Gasteiger partial charge in [0, 0.05) is 13.7 Å². The minimum absolute atomic E-state index is 0.168. The molecule has 3 aromatic rings. The lowest BCUT2D eigenvalue weighted by Crippen LogP contribution is -2.15. The number of ether oxygens (including phenoxy) is 1. The maximum absolute atomic E-state index is 13.0. The molecule has 0 aliphatic rings. The largest absolute Gasteiger partial charge is 0.375 e. The second kappa shape index (κ2) is 5.93. The number of anilines is 1. The number of aromatic nitrogens is 2. The first-order chi connectivity index (χ1) is 10.3. The minimum Gasteiger partial charge on any atom is -0.375 e. The van der Waals surface area contributed by atoms with Crippen LogP contribution in [0, 0.1) is 5.82 Å². The van der Waals surface area contributed by atoms with Crippen molar-refractivity contribution in [3.05, 3.63) is 59.9 Å². The van der Waals surface area contributed by atoms with Gasteiger partial charge in [-0.05, 0) is 29.8 Å². The van der Waals surface area contributed by atoms with E-state index in [1.807, 2.05) is 24.3 Å². The van der Waals surface area contributed by atoms with Crippen molar-refractivity contribution in [3.63, 3.8) is 0 Å². The normalized spacial score (nSPS) is 12.5. The average molecular weight is 285 g/mol. The molecule has 0 fully saturated rings. The molecule has 1 unspecified atom stereocenters. The molecule has 1 atom stereocenters. The van der Waals surface area contributed by atoms with Gasteiger partial charge in [0.15, 0.2) is 0 Å². The summed E-state index contributed by atoms with van der Waals surface area (Å²) in [6, 6.07) is 14.1. The molecule has 2 N–H and O–H groups in total. The number of H-pyrrole nitrogens is 1. The number of nitrogens with one attached hydrogen (secondary N) is 2. The molecule has 0 bridgehead atoms. The summed E-state index contributed by atoms with van der Waals surface area (Å²) in [4.78, 5) is 7.64. The molecule has 5 heteroatoms. The molecule has 0 radical (unpaired) electrons. The second-order valence-electron chi connectivity index (χ2n) is 4.76. The fourth-order valence-electron chi connectivity index (χ4n) is 2.24. The van der Waals surface area contributed by atoms with Crippen molar-refractivity contribution < 1.29 is 9.13 Å². The van der Waals surface area contributed by atoms with E-state index >= 15 is 0 Å². The van der Waals surface area contributed by atoms with Crippen LogP contribution in [-0.4, -0.2) is 23.6 Å². The summed E-state index contributed by atoms with van der Waals surface area (Å²) in [6.45, 7) is 0.544. The zero-order valence-corrected chi connectivity index (χ0v) is 11.6. The molecule has 0 amide bonds. The van der Waals surface area contributed by atoms with Crippen molar-refractivity contribution >= 4 is 17.0 Å². The van der Waals surface area contributed by atoms with Gasteiger partial charge in [-0.1, -0.05) is 24.3 Å². The monoisotopic (exact) mass is 285 g/mol. The summed E-state index contributed by atoms with van der Waals surface area (Å²) in [7, 11) is 1.63. The first-order valence-corrected chi connectivity index (χ1v) is 6.73. The van der Waals surface area contributed by atoms with E-state index in [0.717, 1.165) is 16.6 Å². The number of imidazole rings is 1. The molecule has 0 aliphatic heterocycles. The Balaban J connectivity index is 1.71. The molecule has 0 saturated heterocycles. The highest BCUT2D eigenvalue weighted by Gasteiger charge is 2.11. The number of methoxy groups -OCH3 is 1. The number of halogens is 1. The number of aromatic amines is 1. The molecule has 3 rings (SSSR count). The predicted octanol–water partition coefficient (Wildman–Crippen LogP) is 3.50. The fraction of sp³-hybridized carbons (Fsp3) is 0.188. The SMILES string of the molecule is COC(CNc1nc2ccccc2[nH]1)c1ccc(F)cc1. The summed E-state index contributed by atoms with van der Waals surface area (Å²) >= 11 is 0. The van der Waals surface area contributed by atoms with Gasteiger partial charge in [-0.3, -0.25) is 0 Å². The highest BCUT2D eigenvalue weighted by molar-refractivity contribution is 5.77. The van der Waals surface area contributed by atoms with Gasteiger partial charge in [0.05, 0.1) is 17.1 Å². The lowest BCUT2D eigenvalue weighted by atomic mass is 10.1. The summed E-state index contributed by atoms with van der Waals surface area (Å²) in [5.74, 6) is 0.444. The van der Waals surface area contributed by atoms with Crippen LogP contribution in [0.25, 0.3) is 11.0 Å². The van der Waals surface area contributed by atoms with Crippen LogP contribution in [-0.2, 0) is 4.74 Å². The van der Waals surface area contributed by atoms with Crippen molar-refractivity contribution in [1.29, 1.82) is 0 Å². The maximum Gasteiger partial charge on any atom is 0.201 e. The van der Waals surface area contributed by atoms with Crippen LogP contribution in [0.1, 0.15) is 11.7 Å². The Kier molecular flexibility index (Phi) is 3.83. The summed E-state index contributed by atoms with van der Waals surface area (Å²) < 4.78 is 18.4. The predicted molar refractivity (Wildman–Crippen MR) is 80.7 cm³/mol. The topological polar surface area (TPSA) is 49.9 Å². The van der Waals surface area contributed by atoms with E-state index in [9.17, 15) is 4.39 Å². The minimum atomic E-state index is -0.251. The zero-order valence-electron chi connectivity index (χ0n) is 11.6. The molecular formula is C16H16FN3O. The highest BCUT2D eigenvalue weighted by Crippen LogP contribution is 2.19. The second-order valence-corrected chi connectivity index (χ2v) is 4.76. The summed E-state index contributed by atoms with van der Waals surface area (Å²) in [6.07, 6.45) is -0.168. The Hall–Kier alpha value is -2.40. The van der Waals surface area contributed by atoms with Gasteiger partial charge in [-0.15, -0.1) is 0 Å². The van der Waals surface area contributed by atoms with Crippen LogP contribution in [0.3, 0.4) is 0 Å². The molecule has 21 heavy (non-hydrogen) atoms. The third-order valence-electron chi connectivity index (χ3n) is 3.37. The fourth-order valence-corrected chi connectivity index (χ4v) is 2.24. The van der Waals surface area contributed by atoms with E-state index in [-0.39, 0.29) is 11.9 Å². The molecule has 1 heterocycles. The molecule has 0 spiro atoms. The number of hydrogen-bond donors (Lipinski definition) is 2. The first kappa shape index (κ1) is 13.6. The highest BCUT2D eigenvalue weighted by atomic mass is 19.1. The molecule has 4 nitrogen and oxygen atoms in total. The van der Waals surface area contributed by atoms with Gasteiger partial charge in [0.25, 0.3) is 0 Å². The van der Waals surface area contributed by atoms with Crippen LogP contribution < -0.4 is 5.32 Å². The van der Waals surface area contributed by atoms with Crippen molar-refractivity contribution in [2.24, 2.45) is 0 Å². The first-order valence-electron chi connectivity index (χ1n) is 6.73. The number of benzene rings is 2. The quantitative estimate of drug-likeness (QED) is 0.754. The van der Waals surface area contributed by atoms with E-state index in [1.165, 1.54) is 12.1 Å². The molecule has 1 aromatic heterocycles. The smallest absolute Gasteiger partial charge is 0.201 e. The molecule has 108 valence electrons. The summed E-state index contributed by atoms with van der Waals surface area (Å²) in [5, 5.41) is 3.21. The third-order valence-corrected chi connectivity index (χ3v) is 3.37. The Bertz CT molecular complexity index is 691. The van der Waals surface area contributed by atoms with Gasteiger partial charge < -0.3 is 15.0 Å². The van der Waals surface area contributed by atoms with E-state index in [2.05, 4.69) is 15.3 Å².